The van der Waals surface area contributed by atoms with E-state index in [-0.39, 0.29) is 12.0 Å². The molecular weight excluding hydrogens is 502 g/mol. The number of carboxylic acid groups (broad SMARTS) is 1. The fraction of sp³-hybridized carbons (Fsp3) is 0.407. The molecule has 3 aromatic heterocycles. The first-order chi connectivity index (χ1) is 18.7. The molecule has 0 atom stereocenters. The predicted octanol–water partition coefficient (Wildman–Crippen LogP) is 3.29. The van der Waals surface area contributed by atoms with Gasteiger partial charge in [0.2, 0.25) is 0 Å². The van der Waals surface area contributed by atoms with Gasteiger partial charge in [0.05, 0.1) is 56.5 Å². The molecular formula is C27H31N7O5. The summed E-state index contributed by atoms with van der Waals surface area (Å²) in [5.74, 6) is 2.30. The van der Waals surface area contributed by atoms with Crippen LogP contribution in [-0.4, -0.2) is 76.1 Å². The Bertz CT molecular complexity index is 1580. The number of methoxy groups -OCH3 is 2. The van der Waals surface area contributed by atoms with E-state index >= 15 is 0 Å². The molecule has 2 saturated heterocycles. The molecule has 0 bridgehead atoms. The van der Waals surface area contributed by atoms with Crippen molar-refractivity contribution >= 4 is 23.4 Å². The summed E-state index contributed by atoms with van der Waals surface area (Å²) in [5.41, 5.74) is 4.65. The first-order valence-corrected chi connectivity index (χ1v) is 12.7. The van der Waals surface area contributed by atoms with Crippen molar-refractivity contribution in [1.82, 2.24) is 24.4 Å². The minimum Gasteiger partial charge on any atom is -0.493 e. The second-order valence-corrected chi connectivity index (χ2v) is 10.4. The minimum absolute atomic E-state index is 0.105. The zero-order valence-electron chi connectivity index (χ0n) is 22.6. The van der Waals surface area contributed by atoms with Crippen molar-refractivity contribution in [3.8, 4) is 22.6 Å². The van der Waals surface area contributed by atoms with Crippen LogP contribution in [-0.2, 0) is 18.3 Å². The third-order valence-electron chi connectivity index (χ3n) is 7.52. The number of benzene rings is 1. The topological polar surface area (TPSA) is 119 Å². The highest BCUT2D eigenvalue weighted by Gasteiger charge is 2.49. The highest BCUT2D eigenvalue weighted by molar-refractivity contribution is 5.89. The lowest BCUT2D eigenvalue weighted by Crippen LogP contribution is -2.66. The lowest BCUT2D eigenvalue weighted by molar-refractivity contribution is -0.127. The minimum atomic E-state index is -1.10. The number of nitrogens with zero attached hydrogens (tertiary/aromatic N) is 7. The molecule has 12 heteroatoms. The fourth-order valence-corrected chi connectivity index (χ4v) is 5.50. The quantitative estimate of drug-likeness (QED) is 0.382. The normalized spacial score (nSPS) is 15.8. The van der Waals surface area contributed by atoms with Gasteiger partial charge in [-0.25, -0.2) is 9.78 Å². The number of carbonyl (C=O) groups is 1. The Morgan fingerprint density at radius 1 is 1.10 bits per heavy atom. The van der Waals surface area contributed by atoms with Crippen LogP contribution in [0.15, 0.2) is 30.3 Å². The molecule has 0 unspecified atom stereocenters. The van der Waals surface area contributed by atoms with Gasteiger partial charge in [0.1, 0.15) is 11.6 Å². The molecule has 2 aliphatic rings. The van der Waals surface area contributed by atoms with Crippen molar-refractivity contribution < 1.29 is 24.1 Å². The van der Waals surface area contributed by atoms with Gasteiger partial charge in [-0.15, -0.1) is 0 Å². The summed E-state index contributed by atoms with van der Waals surface area (Å²) in [7, 11) is 4.99. The largest absolute Gasteiger partial charge is 0.493 e. The van der Waals surface area contributed by atoms with Crippen LogP contribution in [0.4, 0.5) is 16.4 Å². The lowest BCUT2D eigenvalue weighted by Gasteiger charge is -2.55. The Labute approximate surface area is 225 Å². The van der Waals surface area contributed by atoms with E-state index in [1.54, 1.807) is 23.4 Å². The van der Waals surface area contributed by atoms with E-state index in [4.69, 9.17) is 24.3 Å². The van der Waals surface area contributed by atoms with E-state index in [1.807, 2.05) is 51.2 Å². The van der Waals surface area contributed by atoms with Gasteiger partial charge in [0.15, 0.2) is 17.1 Å². The molecule has 0 saturated carbocycles. The van der Waals surface area contributed by atoms with E-state index in [1.165, 1.54) is 4.90 Å². The molecule has 204 valence electrons. The molecule has 4 aromatic rings. The van der Waals surface area contributed by atoms with Crippen molar-refractivity contribution in [3.63, 3.8) is 0 Å². The van der Waals surface area contributed by atoms with Gasteiger partial charge in [0.25, 0.3) is 0 Å². The van der Waals surface area contributed by atoms with Gasteiger partial charge in [-0.2, -0.15) is 14.7 Å². The number of ether oxygens (including phenoxy) is 3. The second kappa shape index (κ2) is 9.16. The molecule has 0 radical (unpaired) electrons. The molecule has 1 amide bonds. The van der Waals surface area contributed by atoms with E-state index in [0.29, 0.717) is 34.5 Å². The maximum Gasteiger partial charge on any atom is 0.413 e. The van der Waals surface area contributed by atoms with Crippen LogP contribution in [0.25, 0.3) is 16.8 Å². The first kappa shape index (κ1) is 25.0. The standard InChI is InChI=1S/C27H31N7O5/c1-16-8-19(31(3)29-16)11-33(26(35)36)23-10-22(32-12-27(13-32)14-39-15-27)28-25-24(17(2)30-34(23)25)18-6-7-20(37-4)21(9-18)38-5/h6-10H,11-15H2,1-5H3,(H,35,36). The van der Waals surface area contributed by atoms with Crippen LogP contribution in [0.1, 0.15) is 17.1 Å². The summed E-state index contributed by atoms with van der Waals surface area (Å²) in [4.78, 5) is 21.2. The average Bonchev–Trinajstić information content (AvgIpc) is 3.36. The van der Waals surface area contributed by atoms with E-state index < -0.39 is 6.09 Å². The summed E-state index contributed by atoms with van der Waals surface area (Å²) in [5, 5.41) is 19.5. The van der Waals surface area contributed by atoms with Crippen molar-refractivity contribution in [2.75, 3.05) is 50.3 Å². The summed E-state index contributed by atoms with van der Waals surface area (Å²) in [6.45, 7) is 6.97. The Morgan fingerprint density at radius 3 is 2.44 bits per heavy atom. The third kappa shape index (κ3) is 4.11. The van der Waals surface area contributed by atoms with Crippen molar-refractivity contribution in [2.24, 2.45) is 12.5 Å². The Hall–Kier alpha value is -4.32. The number of rotatable bonds is 7. The fourth-order valence-electron chi connectivity index (χ4n) is 5.50. The number of aryl methyl sites for hydroxylation is 3. The molecule has 0 aliphatic carbocycles. The van der Waals surface area contributed by atoms with Crippen molar-refractivity contribution in [2.45, 2.75) is 20.4 Å². The Balaban J connectivity index is 1.52. The molecule has 2 aliphatic heterocycles. The first-order valence-electron chi connectivity index (χ1n) is 12.7. The van der Waals surface area contributed by atoms with Crippen LogP contribution in [0.5, 0.6) is 11.5 Å². The number of aromatic nitrogens is 5. The van der Waals surface area contributed by atoms with Crippen LogP contribution in [0, 0.1) is 19.3 Å². The lowest BCUT2D eigenvalue weighted by atomic mass is 9.78. The molecule has 1 spiro atoms. The Kier molecular flexibility index (Phi) is 5.87. The summed E-state index contributed by atoms with van der Waals surface area (Å²) < 4.78 is 19.7. The van der Waals surface area contributed by atoms with Gasteiger partial charge in [-0.3, -0.25) is 9.58 Å². The van der Waals surface area contributed by atoms with Gasteiger partial charge in [0, 0.05) is 31.8 Å². The summed E-state index contributed by atoms with van der Waals surface area (Å²) in [6.07, 6.45) is -1.10. The van der Waals surface area contributed by atoms with Gasteiger partial charge < -0.3 is 24.2 Å². The van der Waals surface area contributed by atoms with Crippen LogP contribution in [0.3, 0.4) is 0 Å². The zero-order chi connectivity index (χ0) is 27.5. The van der Waals surface area contributed by atoms with Gasteiger partial charge in [-0.1, -0.05) is 6.07 Å². The Morgan fingerprint density at radius 2 is 1.85 bits per heavy atom. The van der Waals surface area contributed by atoms with Gasteiger partial charge in [-0.05, 0) is 37.6 Å². The van der Waals surface area contributed by atoms with Gasteiger partial charge >= 0.3 is 6.09 Å². The summed E-state index contributed by atoms with van der Waals surface area (Å²) >= 11 is 0. The highest BCUT2D eigenvalue weighted by atomic mass is 16.5. The van der Waals surface area contributed by atoms with E-state index in [9.17, 15) is 9.90 Å². The molecule has 6 rings (SSSR count). The molecule has 39 heavy (non-hydrogen) atoms. The molecule has 1 aromatic carbocycles. The molecule has 1 N–H and O–H groups in total. The second-order valence-electron chi connectivity index (χ2n) is 10.4. The molecule has 5 heterocycles. The predicted molar refractivity (Wildman–Crippen MR) is 144 cm³/mol. The number of hydrogen-bond donors (Lipinski definition) is 1. The third-order valence-corrected chi connectivity index (χ3v) is 7.52. The average molecular weight is 534 g/mol. The highest BCUT2D eigenvalue weighted by Crippen LogP contribution is 2.42. The van der Waals surface area contributed by atoms with Crippen molar-refractivity contribution in [1.29, 1.82) is 0 Å². The number of amides is 1. The SMILES string of the molecule is COc1ccc(-c2c(C)nn3c(N(Cc4cc(C)nn4C)C(=O)O)cc(N4CC5(COC5)C4)nc23)cc1OC. The van der Waals surface area contributed by atoms with Crippen LogP contribution < -0.4 is 19.3 Å². The summed E-state index contributed by atoms with van der Waals surface area (Å²) in [6, 6.07) is 9.34. The molecule has 12 nitrogen and oxygen atoms in total. The smallest absolute Gasteiger partial charge is 0.413 e. The number of anilines is 2. The van der Waals surface area contributed by atoms with E-state index in [0.717, 1.165) is 48.8 Å². The molecule has 2 fully saturated rings. The van der Waals surface area contributed by atoms with E-state index in [2.05, 4.69) is 10.00 Å². The maximum atomic E-state index is 12.7. The zero-order valence-corrected chi connectivity index (χ0v) is 22.6. The van der Waals surface area contributed by atoms with Crippen LogP contribution in [0.2, 0.25) is 0 Å². The van der Waals surface area contributed by atoms with Crippen LogP contribution >= 0.6 is 0 Å². The maximum absolute atomic E-state index is 12.7. The number of hydrogen-bond acceptors (Lipinski definition) is 8. The van der Waals surface area contributed by atoms with Crippen molar-refractivity contribution in [3.05, 3.63) is 47.4 Å². The number of fused-ring (bicyclic) bond motifs is 1. The monoisotopic (exact) mass is 533 g/mol.